The summed E-state index contributed by atoms with van der Waals surface area (Å²) in [5, 5.41) is 0. The van der Waals surface area contributed by atoms with Crippen LogP contribution in [0, 0.1) is 13.8 Å². The molecule has 1 aromatic heterocycles. The minimum atomic E-state index is -0.325. The molecule has 6 heteroatoms. The Morgan fingerprint density at radius 2 is 2.10 bits per heavy atom. The van der Waals surface area contributed by atoms with Gasteiger partial charge in [-0.15, -0.1) is 0 Å². The first-order chi connectivity index (χ1) is 9.63. The Bertz CT molecular complexity index is 484. The van der Waals surface area contributed by atoms with Crippen molar-refractivity contribution in [3.05, 3.63) is 23.0 Å². The predicted octanol–water partition coefficient (Wildman–Crippen LogP) is 1.68. The van der Waals surface area contributed by atoms with Crippen LogP contribution in [-0.4, -0.2) is 49.4 Å². The number of morpholine rings is 1. The van der Waals surface area contributed by atoms with Gasteiger partial charge in [0.2, 0.25) is 0 Å². The average Bonchev–Trinajstić information content (AvgIpc) is 2.47. The summed E-state index contributed by atoms with van der Waals surface area (Å²) in [4.78, 5) is 17.8. The molecule has 110 valence electrons. The Morgan fingerprint density at radius 1 is 1.40 bits per heavy atom. The van der Waals surface area contributed by atoms with Crippen molar-refractivity contribution >= 4 is 6.09 Å². The molecule has 1 amide bonds. The number of carbonyl (C=O) groups excluding carboxylic acids is 1. The fourth-order valence-corrected chi connectivity index (χ4v) is 2.18. The number of carbonyl (C=O) groups is 1. The first-order valence-corrected chi connectivity index (χ1v) is 6.62. The third-order valence-electron chi connectivity index (χ3n) is 3.35. The SMILES string of the molecule is COc1c(C)cnc(COC(=O)N2CCOCC2)c1C. The lowest BCUT2D eigenvalue weighted by atomic mass is 10.1. The number of amides is 1. The summed E-state index contributed by atoms with van der Waals surface area (Å²) < 4.78 is 15.8. The second-order valence-corrected chi connectivity index (χ2v) is 4.70. The minimum Gasteiger partial charge on any atom is -0.496 e. The fraction of sp³-hybridized carbons (Fsp3) is 0.571. The standard InChI is InChI=1S/C14H20N2O4/c1-10-8-15-12(11(2)13(10)18-3)9-20-14(17)16-4-6-19-7-5-16/h8H,4-7,9H2,1-3H3. The van der Waals surface area contributed by atoms with Crippen molar-refractivity contribution in [2.24, 2.45) is 0 Å². The van der Waals surface area contributed by atoms with Crippen LogP contribution in [0.2, 0.25) is 0 Å². The van der Waals surface area contributed by atoms with E-state index in [1.165, 1.54) is 0 Å². The van der Waals surface area contributed by atoms with E-state index in [9.17, 15) is 4.79 Å². The highest BCUT2D eigenvalue weighted by atomic mass is 16.6. The van der Waals surface area contributed by atoms with Crippen molar-refractivity contribution in [3.63, 3.8) is 0 Å². The second kappa shape index (κ2) is 6.56. The molecule has 1 aliphatic rings. The average molecular weight is 280 g/mol. The van der Waals surface area contributed by atoms with E-state index in [0.717, 1.165) is 16.9 Å². The van der Waals surface area contributed by atoms with Crippen molar-refractivity contribution in [2.45, 2.75) is 20.5 Å². The summed E-state index contributed by atoms with van der Waals surface area (Å²) in [5.41, 5.74) is 2.59. The van der Waals surface area contributed by atoms with Crippen molar-refractivity contribution < 1.29 is 19.0 Å². The molecule has 1 aliphatic heterocycles. The predicted molar refractivity (Wildman–Crippen MR) is 72.8 cm³/mol. The first-order valence-electron chi connectivity index (χ1n) is 6.62. The quantitative estimate of drug-likeness (QED) is 0.843. The van der Waals surface area contributed by atoms with Crippen LogP contribution >= 0.6 is 0 Å². The molecule has 0 atom stereocenters. The largest absolute Gasteiger partial charge is 0.496 e. The first kappa shape index (κ1) is 14.6. The van der Waals surface area contributed by atoms with Crippen molar-refractivity contribution in [1.29, 1.82) is 0 Å². The molecule has 0 aromatic carbocycles. The number of aromatic nitrogens is 1. The molecule has 1 aromatic rings. The van der Waals surface area contributed by atoms with E-state index >= 15 is 0 Å². The molecule has 0 aliphatic carbocycles. The van der Waals surface area contributed by atoms with Gasteiger partial charge in [-0.05, 0) is 13.8 Å². The summed E-state index contributed by atoms with van der Waals surface area (Å²) in [7, 11) is 1.62. The van der Waals surface area contributed by atoms with Crippen LogP contribution in [0.15, 0.2) is 6.20 Å². The van der Waals surface area contributed by atoms with Gasteiger partial charge >= 0.3 is 6.09 Å². The summed E-state index contributed by atoms with van der Waals surface area (Å²) in [6.45, 7) is 6.26. The van der Waals surface area contributed by atoms with E-state index in [-0.39, 0.29) is 12.7 Å². The summed E-state index contributed by atoms with van der Waals surface area (Å²) in [5.74, 6) is 0.789. The van der Waals surface area contributed by atoms with Gasteiger partial charge in [0.05, 0.1) is 26.0 Å². The van der Waals surface area contributed by atoms with Gasteiger partial charge in [-0.1, -0.05) is 0 Å². The van der Waals surface area contributed by atoms with Crippen LogP contribution in [-0.2, 0) is 16.1 Å². The van der Waals surface area contributed by atoms with Gasteiger partial charge in [-0.3, -0.25) is 4.98 Å². The molecule has 0 radical (unpaired) electrons. The van der Waals surface area contributed by atoms with Crippen molar-refractivity contribution in [3.8, 4) is 5.75 Å². The molecule has 0 bridgehead atoms. The Hall–Kier alpha value is -1.82. The summed E-state index contributed by atoms with van der Waals surface area (Å²) in [6, 6.07) is 0. The second-order valence-electron chi connectivity index (χ2n) is 4.70. The van der Waals surface area contributed by atoms with Crippen LogP contribution in [0.1, 0.15) is 16.8 Å². The van der Waals surface area contributed by atoms with Gasteiger partial charge in [0.25, 0.3) is 0 Å². The third kappa shape index (κ3) is 3.19. The maximum atomic E-state index is 11.9. The third-order valence-corrected chi connectivity index (χ3v) is 3.35. The minimum absolute atomic E-state index is 0.151. The van der Waals surface area contributed by atoms with Gasteiger partial charge in [-0.25, -0.2) is 4.79 Å². The maximum Gasteiger partial charge on any atom is 0.410 e. The van der Waals surface area contributed by atoms with E-state index in [1.54, 1.807) is 18.2 Å². The van der Waals surface area contributed by atoms with E-state index in [1.807, 2.05) is 13.8 Å². The lowest BCUT2D eigenvalue weighted by Gasteiger charge is -2.26. The number of pyridine rings is 1. The molecule has 0 spiro atoms. The Kier molecular flexibility index (Phi) is 4.79. The van der Waals surface area contributed by atoms with E-state index in [0.29, 0.717) is 32.0 Å². The zero-order chi connectivity index (χ0) is 14.5. The molecular weight excluding hydrogens is 260 g/mol. The number of methoxy groups -OCH3 is 1. The molecular formula is C14H20N2O4. The molecule has 2 heterocycles. The van der Waals surface area contributed by atoms with Crippen LogP contribution in [0.3, 0.4) is 0 Å². The van der Waals surface area contributed by atoms with E-state index in [2.05, 4.69) is 4.98 Å². The number of nitrogens with zero attached hydrogens (tertiary/aromatic N) is 2. The zero-order valence-corrected chi connectivity index (χ0v) is 12.1. The van der Waals surface area contributed by atoms with Gasteiger partial charge in [0.15, 0.2) is 0 Å². The highest BCUT2D eigenvalue weighted by molar-refractivity contribution is 5.67. The summed E-state index contributed by atoms with van der Waals surface area (Å²) in [6.07, 6.45) is 1.40. The van der Waals surface area contributed by atoms with E-state index in [4.69, 9.17) is 14.2 Å². The normalized spacial score (nSPS) is 15.1. The van der Waals surface area contributed by atoms with Crippen LogP contribution in [0.5, 0.6) is 5.75 Å². The molecule has 0 N–H and O–H groups in total. The molecule has 20 heavy (non-hydrogen) atoms. The van der Waals surface area contributed by atoms with Crippen molar-refractivity contribution in [2.75, 3.05) is 33.4 Å². The smallest absolute Gasteiger partial charge is 0.410 e. The zero-order valence-electron chi connectivity index (χ0n) is 12.1. The van der Waals surface area contributed by atoms with Crippen LogP contribution in [0.25, 0.3) is 0 Å². The molecule has 6 nitrogen and oxygen atoms in total. The molecule has 1 fully saturated rings. The number of hydrogen-bond donors (Lipinski definition) is 0. The van der Waals surface area contributed by atoms with Crippen molar-refractivity contribution in [1.82, 2.24) is 9.88 Å². The molecule has 1 saturated heterocycles. The fourth-order valence-electron chi connectivity index (χ4n) is 2.18. The van der Waals surface area contributed by atoms with E-state index < -0.39 is 0 Å². The number of rotatable bonds is 3. The van der Waals surface area contributed by atoms with Gasteiger partial charge in [0, 0.05) is 30.4 Å². The molecule has 0 saturated carbocycles. The molecule has 2 rings (SSSR count). The number of hydrogen-bond acceptors (Lipinski definition) is 5. The summed E-state index contributed by atoms with van der Waals surface area (Å²) >= 11 is 0. The lowest BCUT2D eigenvalue weighted by molar-refractivity contribution is 0.0245. The highest BCUT2D eigenvalue weighted by Gasteiger charge is 2.19. The van der Waals surface area contributed by atoms with Crippen LogP contribution < -0.4 is 4.74 Å². The van der Waals surface area contributed by atoms with Gasteiger partial charge in [-0.2, -0.15) is 0 Å². The molecule has 0 unspecified atom stereocenters. The Morgan fingerprint density at radius 3 is 2.75 bits per heavy atom. The monoisotopic (exact) mass is 280 g/mol. The Labute approximate surface area is 118 Å². The lowest BCUT2D eigenvalue weighted by Crippen LogP contribution is -2.40. The van der Waals surface area contributed by atoms with Gasteiger partial charge in [0.1, 0.15) is 12.4 Å². The topological polar surface area (TPSA) is 60.9 Å². The Balaban J connectivity index is 1.98. The number of aryl methyl sites for hydroxylation is 1. The number of ether oxygens (including phenoxy) is 3. The van der Waals surface area contributed by atoms with Crippen LogP contribution in [0.4, 0.5) is 4.79 Å². The maximum absolute atomic E-state index is 11.9. The highest BCUT2D eigenvalue weighted by Crippen LogP contribution is 2.24. The van der Waals surface area contributed by atoms with Gasteiger partial charge < -0.3 is 19.1 Å².